The molecule has 3 rings (SSSR count). The summed E-state index contributed by atoms with van der Waals surface area (Å²) in [4.78, 5) is 14.2. The molecule has 2 nitrogen and oxygen atoms in total. The number of carbonyl (C=O) groups excluding carboxylic acids is 1. The van der Waals surface area contributed by atoms with Crippen LogP contribution in [0.3, 0.4) is 0 Å². The Bertz CT molecular complexity index is 731. The molecule has 120 valence electrons. The number of carbonyl (C=O) groups is 1. The van der Waals surface area contributed by atoms with Gasteiger partial charge >= 0.3 is 0 Å². The van der Waals surface area contributed by atoms with Crippen molar-refractivity contribution < 1.29 is 13.6 Å². The summed E-state index contributed by atoms with van der Waals surface area (Å²) >= 11 is 0. The summed E-state index contributed by atoms with van der Waals surface area (Å²) < 4.78 is 27.2. The van der Waals surface area contributed by atoms with Crippen LogP contribution < -0.4 is 0 Å². The van der Waals surface area contributed by atoms with Gasteiger partial charge in [-0.25, -0.2) is 8.78 Å². The minimum atomic E-state index is -0.336. The molecule has 2 aromatic rings. The molecular weight excluding hydrogens is 296 g/mol. The lowest BCUT2D eigenvalue weighted by Gasteiger charge is -2.26. The van der Waals surface area contributed by atoms with Crippen molar-refractivity contribution in [1.29, 1.82) is 0 Å². The molecule has 0 spiro atoms. The topological polar surface area (TPSA) is 20.3 Å². The second-order valence-electron chi connectivity index (χ2n) is 6.15. The van der Waals surface area contributed by atoms with Crippen LogP contribution in [-0.4, -0.2) is 17.9 Å². The van der Waals surface area contributed by atoms with Gasteiger partial charge in [0.25, 0.3) is 0 Å². The van der Waals surface area contributed by atoms with Crippen LogP contribution in [-0.2, 0) is 4.79 Å². The largest absolute Gasteiger partial charge is 0.339 e. The zero-order valence-electron chi connectivity index (χ0n) is 13.2. The molecule has 0 aromatic heterocycles. The van der Waals surface area contributed by atoms with E-state index < -0.39 is 0 Å². The SMILES string of the molecule is CC(c1ccccc1F)N(C)C(=O)C1CC1c1cccc(F)c1. The average molecular weight is 315 g/mol. The number of hydrogen-bond acceptors (Lipinski definition) is 1. The van der Waals surface area contributed by atoms with E-state index in [2.05, 4.69) is 0 Å². The van der Waals surface area contributed by atoms with Crippen LogP contribution in [0.4, 0.5) is 8.78 Å². The molecule has 1 fully saturated rings. The number of hydrogen-bond donors (Lipinski definition) is 0. The summed E-state index contributed by atoms with van der Waals surface area (Å²) in [6.07, 6.45) is 0.719. The highest BCUT2D eigenvalue weighted by Crippen LogP contribution is 2.49. The summed E-state index contributed by atoms with van der Waals surface area (Å²) in [7, 11) is 1.69. The number of amides is 1. The fraction of sp³-hybridized carbons (Fsp3) is 0.316. The molecule has 3 unspecified atom stereocenters. The third kappa shape index (κ3) is 3.11. The van der Waals surface area contributed by atoms with Gasteiger partial charge in [0, 0.05) is 18.5 Å². The first-order valence-corrected chi connectivity index (χ1v) is 7.75. The van der Waals surface area contributed by atoms with Gasteiger partial charge < -0.3 is 4.90 Å². The molecule has 0 saturated heterocycles. The molecule has 1 amide bonds. The molecular formula is C19H19F2NO. The first kappa shape index (κ1) is 15.7. The first-order chi connectivity index (χ1) is 11.0. The van der Waals surface area contributed by atoms with Gasteiger partial charge in [-0.2, -0.15) is 0 Å². The molecule has 2 aromatic carbocycles. The Balaban J connectivity index is 1.71. The maximum absolute atomic E-state index is 13.9. The van der Waals surface area contributed by atoms with Crippen molar-refractivity contribution in [2.45, 2.75) is 25.3 Å². The van der Waals surface area contributed by atoms with Crippen LogP contribution >= 0.6 is 0 Å². The van der Waals surface area contributed by atoms with Crippen LogP contribution in [0.15, 0.2) is 48.5 Å². The van der Waals surface area contributed by atoms with Crippen molar-refractivity contribution in [3.63, 3.8) is 0 Å². The molecule has 1 aliphatic carbocycles. The third-order valence-corrected chi connectivity index (χ3v) is 4.67. The molecule has 3 atom stereocenters. The molecule has 0 N–H and O–H groups in total. The van der Waals surface area contributed by atoms with Crippen LogP contribution in [0.1, 0.15) is 36.4 Å². The lowest BCUT2D eigenvalue weighted by atomic mass is 10.1. The van der Waals surface area contributed by atoms with E-state index in [0.717, 1.165) is 12.0 Å². The van der Waals surface area contributed by atoms with Crippen molar-refractivity contribution in [3.8, 4) is 0 Å². The number of rotatable bonds is 4. The molecule has 0 heterocycles. The number of nitrogens with zero attached hydrogens (tertiary/aromatic N) is 1. The number of benzene rings is 2. The van der Waals surface area contributed by atoms with Crippen molar-refractivity contribution >= 4 is 5.91 Å². The fourth-order valence-electron chi connectivity index (χ4n) is 3.05. The fourth-order valence-corrected chi connectivity index (χ4v) is 3.05. The number of halogens is 2. The minimum Gasteiger partial charge on any atom is -0.339 e. The van der Waals surface area contributed by atoms with Crippen LogP contribution in [0.25, 0.3) is 0 Å². The van der Waals surface area contributed by atoms with Crippen molar-refractivity contribution in [1.82, 2.24) is 4.90 Å². The monoisotopic (exact) mass is 315 g/mol. The Kier molecular flexibility index (Phi) is 4.16. The summed E-state index contributed by atoms with van der Waals surface area (Å²) in [6.45, 7) is 1.82. The highest BCUT2D eigenvalue weighted by atomic mass is 19.1. The van der Waals surface area contributed by atoms with E-state index in [0.29, 0.717) is 5.56 Å². The van der Waals surface area contributed by atoms with E-state index in [1.807, 2.05) is 13.0 Å². The molecule has 23 heavy (non-hydrogen) atoms. The molecule has 1 aliphatic rings. The van der Waals surface area contributed by atoms with Gasteiger partial charge in [-0.1, -0.05) is 30.3 Å². The Hall–Kier alpha value is -2.23. The molecule has 0 bridgehead atoms. The van der Waals surface area contributed by atoms with E-state index in [4.69, 9.17) is 0 Å². The highest BCUT2D eigenvalue weighted by molar-refractivity contribution is 5.83. The Morgan fingerprint density at radius 3 is 2.61 bits per heavy atom. The lowest BCUT2D eigenvalue weighted by Crippen LogP contribution is -2.31. The second-order valence-corrected chi connectivity index (χ2v) is 6.15. The van der Waals surface area contributed by atoms with Gasteiger partial charge in [0.1, 0.15) is 11.6 Å². The second kappa shape index (κ2) is 6.11. The van der Waals surface area contributed by atoms with Crippen molar-refractivity contribution in [2.24, 2.45) is 5.92 Å². The Morgan fingerprint density at radius 1 is 1.17 bits per heavy atom. The molecule has 4 heteroatoms. The zero-order chi connectivity index (χ0) is 16.6. The van der Waals surface area contributed by atoms with Gasteiger partial charge in [0.2, 0.25) is 5.91 Å². The quantitative estimate of drug-likeness (QED) is 0.824. The maximum Gasteiger partial charge on any atom is 0.226 e. The predicted octanol–water partition coefficient (Wildman–Crippen LogP) is 4.29. The molecule has 1 saturated carbocycles. The molecule has 0 aliphatic heterocycles. The summed E-state index contributed by atoms with van der Waals surface area (Å²) in [6, 6.07) is 12.5. The van der Waals surface area contributed by atoms with Crippen LogP contribution in [0.2, 0.25) is 0 Å². The van der Waals surface area contributed by atoms with E-state index >= 15 is 0 Å². The summed E-state index contributed by atoms with van der Waals surface area (Å²) in [5.41, 5.74) is 1.36. The van der Waals surface area contributed by atoms with Gasteiger partial charge in [0.05, 0.1) is 6.04 Å². The van der Waals surface area contributed by atoms with Crippen LogP contribution in [0.5, 0.6) is 0 Å². The lowest BCUT2D eigenvalue weighted by molar-refractivity contribution is -0.133. The summed E-state index contributed by atoms with van der Waals surface area (Å²) in [5.74, 6) is -0.690. The third-order valence-electron chi connectivity index (χ3n) is 4.67. The average Bonchev–Trinajstić information content (AvgIpc) is 3.34. The normalized spacial score (nSPS) is 20.9. The first-order valence-electron chi connectivity index (χ1n) is 7.75. The maximum atomic E-state index is 13.9. The summed E-state index contributed by atoms with van der Waals surface area (Å²) in [5, 5.41) is 0. The highest BCUT2D eigenvalue weighted by Gasteiger charge is 2.46. The van der Waals surface area contributed by atoms with Crippen molar-refractivity contribution in [2.75, 3.05) is 7.05 Å². The van der Waals surface area contributed by atoms with Crippen molar-refractivity contribution in [3.05, 3.63) is 71.3 Å². The van der Waals surface area contributed by atoms with E-state index in [9.17, 15) is 13.6 Å². The smallest absolute Gasteiger partial charge is 0.226 e. The van der Waals surface area contributed by atoms with E-state index in [1.54, 1.807) is 36.2 Å². The zero-order valence-corrected chi connectivity index (χ0v) is 13.2. The molecule has 0 radical (unpaired) electrons. The van der Waals surface area contributed by atoms with Gasteiger partial charge in [-0.3, -0.25) is 4.79 Å². The Morgan fingerprint density at radius 2 is 1.91 bits per heavy atom. The van der Waals surface area contributed by atoms with Gasteiger partial charge in [-0.15, -0.1) is 0 Å². The standard InChI is InChI=1S/C19H19F2NO/c1-12(15-8-3-4-9-18(15)21)22(2)19(23)17-11-16(17)13-6-5-7-14(20)10-13/h3-10,12,16-17H,11H2,1-2H3. The van der Waals surface area contributed by atoms with E-state index in [1.165, 1.54) is 18.2 Å². The van der Waals surface area contributed by atoms with Gasteiger partial charge in [-0.05, 0) is 43.0 Å². The predicted molar refractivity (Wildman–Crippen MR) is 84.8 cm³/mol. The van der Waals surface area contributed by atoms with Crippen LogP contribution in [0, 0.1) is 17.6 Å². The van der Waals surface area contributed by atoms with Gasteiger partial charge in [0.15, 0.2) is 0 Å². The minimum absolute atomic E-state index is 0.0185. The van der Waals surface area contributed by atoms with E-state index in [-0.39, 0.29) is 35.4 Å². The Labute approximate surface area is 134 Å².